The van der Waals surface area contributed by atoms with E-state index in [0.29, 0.717) is 41.8 Å². The normalized spacial score (nSPS) is 10.4. The lowest BCUT2D eigenvalue weighted by Gasteiger charge is -2.12. The van der Waals surface area contributed by atoms with Gasteiger partial charge in [0.25, 0.3) is 5.91 Å². The van der Waals surface area contributed by atoms with Gasteiger partial charge in [-0.05, 0) is 42.5 Å². The Morgan fingerprint density at radius 2 is 1.73 bits per heavy atom. The summed E-state index contributed by atoms with van der Waals surface area (Å²) in [6.45, 7) is 0.921. The molecular formula is C22H20N6O2. The van der Waals surface area contributed by atoms with Crippen LogP contribution in [0.4, 0.5) is 5.82 Å². The van der Waals surface area contributed by atoms with Crippen LogP contribution in [0.25, 0.3) is 5.82 Å². The van der Waals surface area contributed by atoms with E-state index in [9.17, 15) is 4.79 Å². The SMILES string of the molecule is O=C(NCCNc1ccc(-n2cccn2)nn1)c1ccccc1Oc1ccccc1. The molecule has 2 aromatic carbocycles. The Morgan fingerprint density at radius 1 is 0.900 bits per heavy atom. The summed E-state index contributed by atoms with van der Waals surface area (Å²) in [6, 6.07) is 22.0. The van der Waals surface area contributed by atoms with E-state index in [1.807, 2.05) is 60.7 Å². The van der Waals surface area contributed by atoms with E-state index in [4.69, 9.17) is 4.74 Å². The van der Waals surface area contributed by atoms with Crippen LogP contribution < -0.4 is 15.4 Å². The van der Waals surface area contributed by atoms with E-state index >= 15 is 0 Å². The van der Waals surface area contributed by atoms with Crippen molar-refractivity contribution in [1.82, 2.24) is 25.3 Å². The summed E-state index contributed by atoms with van der Waals surface area (Å²) in [5.41, 5.74) is 0.477. The van der Waals surface area contributed by atoms with Crippen molar-refractivity contribution in [3.63, 3.8) is 0 Å². The fraction of sp³-hybridized carbons (Fsp3) is 0.0909. The third-order valence-corrected chi connectivity index (χ3v) is 4.21. The number of hydrogen-bond acceptors (Lipinski definition) is 6. The molecule has 0 bridgehead atoms. The van der Waals surface area contributed by atoms with Crippen LogP contribution in [-0.2, 0) is 0 Å². The zero-order valence-corrected chi connectivity index (χ0v) is 16.1. The minimum atomic E-state index is -0.205. The van der Waals surface area contributed by atoms with Crippen molar-refractivity contribution >= 4 is 11.7 Å². The van der Waals surface area contributed by atoms with Gasteiger partial charge in [0.15, 0.2) is 5.82 Å². The van der Waals surface area contributed by atoms with Crippen molar-refractivity contribution in [1.29, 1.82) is 0 Å². The second kappa shape index (κ2) is 9.33. The highest BCUT2D eigenvalue weighted by molar-refractivity contribution is 5.97. The van der Waals surface area contributed by atoms with Crippen LogP contribution in [0.3, 0.4) is 0 Å². The van der Waals surface area contributed by atoms with Gasteiger partial charge in [-0.3, -0.25) is 4.79 Å². The molecule has 0 aliphatic carbocycles. The molecule has 4 rings (SSSR count). The number of amides is 1. The Balaban J connectivity index is 1.29. The van der Waals surface area contributed by atoms with Gasteiger partial charge in [-0.25, -0.2) is 4.68 Å². The Labute approximate surface area is 173 Å². The molecule has 2 heterocycles. The number of aromatic nitrogens is 4. The molecule has 2 N–H and O–H groups in total. The Morgan fingerprint density at radius 3 is 2.50 bits per heavy atom. The van der Waals surface area contributed by atoms with Gasteiger partial charge < -0.3 is 15.4 Å². The molecule has 30 heavy (non-hydrogen) atoms. The van der Waals surface area contributed by atoms with Crippen molar-refractivity contribution in [2.24, 2.45) is 0 Å². The maximum absolute atomic E-state index is 12.6. The smallest absolute Gasteiger partial charge is 0.255 e. The van der Waals surface area contributed by atoms with Gasteiger partial charge in [0, 0.05) is 25.5 Å². The highest BCUT2D eigenvalue weighted by Crippen LogP contribution is 2.24. The molecule has 0 radical (unpaired) electrons. The predicted molar refractivity (Wildman–Crippen MR) is 113 cm³/mol. The van der Waals surface area contributed by atoms with Crippen LogP contribution in [-0.4, -0.2) is 39.0 Å². The molecule has 8 nitrogen and oxygen atoms in total. The number of carbonyl (C=O) groups is 1. The van der Waals surface area contributed by atoms with Gasteiger partial charge in [-0.1, -0.05) is 30.3 Å². The van der Waals surface area contributed by atoms with Crippen LogP contribution in [0, 0.1) is 0 Å². The minimum Gasteiger partial charge on any atom is -0.457 e. The topological polar surface area (TPSA) is 94.0 Å². The first-order chi connectivity index (χ1) is 14.8. The summed E-state index contributed by atoms with van der Waals surface area (Å²) in [5.74, 6) is 2.23. The summed E-state index contributed by atoms with van der Waals surface area (Å²) in [5, 5.41) is 18.4. The maximum atomic E-state index is 12.6. The molecule has 0 saturated carbocycles. The molecule has 0 unspecified atom stereocenters. The molecular weight excluding hydrogens is 380 g/mol. The van der Waals surface area contributed by atoms with Crippen LogP contribution in [0.15, 0.2) is 85.2 Å². The molecule has 4 aromatic rings. The highest BCUT2D eigenvalue weighted by atomic mass is 16.5. The van der Waals surface area contributed by atoms with Crippen molar-refractivity contribution < 1.29 is 9.53 Å². The Kier molecular flexibility index (Phi) is 5.95. The van der Waals surface area contributed by atoms with E-state index in [1.165, 1.54) is 0 Å². The molecule has 0 saturated heterocycles. The molecule has 150 valence electrons. The average Bonchev–Trinajstić information content (AvgIpc) is 3.33. The number of anilines is 1. The van der Waals surface area contributed by atoms with Gasteiger partial charge in [0.05, 0.1) is 5.56 Å². The molecule has 2 aromatic heterocycles. The summed E-state index contributed by atoms with van der Waals surface area (Å²) in [7, 11) is 0. The van der Waals surface area contributed by atoms with Gasteiger partial charge >= 0.3 is 0 Å². The largest absolute Gasteiger partial charge is 0.457 e. The van der Waals surface area contributed by atoms with Crippen LogP contribution in [0.1, 0.15) is 10.4 Å². The number of hydrogen-bond donors (Lipinski definition) is 2. The van der Waals surface area contributed by atoms with E-state index in [-0.39, 0.29) is 5.91 Å². The highest BCUT2D eigenvalue weighted by Gasteiger charge is 2.12. The molecule has 0 atom stereocenters. The fourth-order valence-electron chi connectivity index (χ4n) is 2.77. The lowest BCUT2D eigenvalue weighted by molar-refractivity contribution is 0.0953. The van der Waals surface area contributed by atoms with E-state index in [0.717, 1.165) is 0 Å². The van der Waals surface area contributed by atoms with E-state index in [1.54, 1.807) is 29.2 Å². The van der Waals surface area contributed by atoms with Crippen molar-refractivity contribution in [2.75, 3.05) is 18.4 Å². The Hall–Kier alpha value is -4.20. The van der Waals surface area contributed by atoms with Gasteiger partial charge in [-0.2, -0.15) is 5.10 Å². The summed E-state index contributed by atoms with van der Waals surface area (Å²) in [6.07, 6.45) is 3.48. The number of benzene rings is 2. The number of rotatable bonds is 8. The zero-order chi connectivity index (χ0) is 20.6. The fourth-order valence-corrected chi connectivity index (χ4v) is 2.77. The molecule has 0 spiro atoms. The van der Waals surface area contributed by atoms with Crippen LogP contribution in [0.2, 0.25) is 0 Å². The maximum Gasteiger partial charge on any atom is 0.255 e. The van der Waals surface area contributed by atoms with Gasteiger partial charge in [0.2, 0.25) is 0 Å². The second-order valence-corrected chi connectivity index (χ2v) is 6.32. The van der Waals surface area contributed by atoms with E-state index in [2.05, 4.69) is 25.9 Å². The minimum absolute atomic E-state index is 0.205. The third-order valence-electron chi connectivity index (χ3n) is 4.21. The first kappa shape index (κ1) is 19.1. The van der Waals surface area contributed by atoms with Crippen molar-refractivity contribution in [2.45, 2.75) is 0 Å². The number of ether oxygens (including phenoxy) is 1. The number of nitrogens with one attached hydrogen (secondary N) is 2. The standard InChI is InChI=1S/C22H20N6O2/c29-22(18-9-4-5-10-19(18)30-17-7-2-1-3-8-17)24-15-14-23-20-11-12-21(27-26-20)28-16-6-13-25-28/h1-13,16H,14-15H2,(H,23,26)(H,24,29). The molecule has 8 heteroatoms. The summed E-state index contributed by atoms with van der Waals surface area (Å²) < 4.78 is 7.48. The molecule has 0 fully saturated rings. The quantitative estimate of drug-likeness (QED) is 0.441. The summed E-state index contributed by atoms with van der Waals surface area (Å²) in [4.78, 5) is 12.6. The lowest BCUT2D eigenvalue weighted by Crippen LogP contribution is -2.29. The van der Waals surface area contributed by atoms with Crippen LogP contribution >= 0.6 is 0 Å². The lowest BCUT2D eigenvalue weighted by atomic mass is 10.2. The van der Waals surface area contributed by atoms with Crippen LogP contribution in [0.5, 0.6) is 11.5 Å². The third kappa shape index (κ3) is 4.79. The van der Waals surface area contributed by atoms with Crippen molar-refractivity contribution in [3.05, 3.63) is 90.8 Å². The van der Waals surface area contributed by atoms with Gasteiger partial charge in [0.1, 0.15) is 17.3 Å². The van der Waals surface area contributed by atoms with E-state index < -0.39 is 0 Å². The first-order valence-corrected chi connectivity index (χ1v) is 9.47. The first-order valence-electron chi connectivity index (χ1n) is 9.47. The summed E-state index contributed by atoms with van der Waals surface area (Å²) >= 11 is 0. The molecule has 0 aliphatic rings. The number of carbonyl (C=O) groups excluding carboxylic acids is 1. The number of para-hydroxylation sites is 2. The Bertz CT molecular complexity index is 1080. The van der Waals surface area contributed by atoms with Gasteiger partial charge in [-0.15, -0.1) is 10.2 Å². The molecule has 1 amide bonds. The second-order valence-electron chi connectivity index (χ2n) is 6.32. The average molecular weight is 400 g/mol. The molecule has 0 aliphatic heterocycles. The number of nitrogens with zero attached hydrogens (tertiary/aromatic N) is 4. The monoisotopic (exact) mass is 400 g/mol. The van der Waals surface area contributed by atoms with Crippen molar-refractivity contribution in [3.8, 4) is 17.3 Å². The zero-order valence-electron chi connectivity index (χ0n) is 16.1. The predicted octanol–water partition coefficient (Wildman–Crippen LogP) is 3.30.